The quantitative estimate of drug-likeness (QED) is 0.826. The molecule has 6 nitrogen and oxygen atoms in total. The van der Waals surface area contributed by atoms with Gasteiger partial charge in [-0.2, -0.15) is 0 Å². The van der Waals surface area contributed by atoms with Crippen LogP contribution in [0.3, 0.4) is 0 Å². The number of hydrogen-bond donors (Lipinski definition) is 1. The standard InChI is InChI=1S/C22H27N3O3S/c1-13-6-5-7-20(23-13)24-21-14(2)22(16-8-9-16)25(15(3)26)19-11-10-17(12-18(19)21)29(4,27)28/h5-7,10-12,14,16,21-22H,8-9H2,1-4H3,(H,23,24)/t14-,21?,22-/m1/s1. The number of pyridine rings is 1. The zero-order valence-electron chi connectivity index (χ0n) is 17.2. The Bertz CT molecular complexity index is 1060. The molecule has 1 amide bonds. The van der Waals surface area contributed by atoms with E-state index in [1.165, 1.54) is 6.26 Å². The van der Waals surface area contributed by atoms with Gasteiger partial charge in [0.1, 0.15) is 5.82 Å². The number of sulfone groups is 1. The monoisotopic (exact) mass is 413 g/mol. The fraction of sp³-hybridized carbons (Fsp3) is 0.455. The van der Waals surface area contributed by atoms with Crippen LogP contribution in [0, 0.1) is 18.8 Å². The minimum atomic E-state index is -3.36. The van der Waals surface area contributed by atoms with Crippen molar-refractivity contribution >= 4 is 27.2 Å². The number of aromatic nitrogens is 1. The van der Waals surface area contributed by atoms with E-state index in [1.807, 2.05) is 30.0 Å². The van der Waals surface area contributed by atoms with E-state index in [2.05, 4.69) is 17.2 Å². The summed E-state index contributed by atoms with van der Waals surface area (Å²) >= 11 is 0. The van der Waals surface area contributed by atoms with E-state index in [1.54, 1.807) is 25.1 Å². The van der Waals surface area contributed by atoms with E-state index in [0.29, 0.717) is 5.92 Å². The summed E-state index contributed by atoms with van der Waals surface area (Å²) < 4.78 is 24.4. The SMILES string of the molecule is CC(=O)N1c2ccc(S(C)(=O)=O)cc2C(Nc2cccc(C)n2)[C@@H](C)[C@@H]1C1CC1. The van der Waals surface area contributed by atoms with Crippen molar-refractivity contribution in [3.05, 3.63) is 47.7 Å². The van der Waals surface area contributed by atoms with Gasteiger partial charge in [0.15, 0.2) is 9.84 Å². The minimum absolute atomic E-state index is 0.00534. The normalized spacial score (nSPS) is 24.1. The van der Waals surface area contributed by atoms with Crippen LogP contribution in [0.15, 0.2) is 41.3 Å². The Morgan fingerprint density at radius 3 is 2.52 bits per heavy atom. The Morgan fingerprint density at radius 1 is 1.21 bits per heavy atom. The molecule has 1 unspecified atom stereocenters. The maximum Gasteiger partial charge on any atom is 0.224 e. The molecule has 4 rings (SSSR count). The molecule has 1 fully saturated rings. The molecule has 3 atom stereocenters. The summed E-state index contributed by atoms with van der Waals surface area (Å²) in [6.45, 7) is 5.67. The van der Waals surface area contributed by atoms with Crippen molar-refractivity contribution < 1.29 is 13.2 Å². The molecule has 0 bridgehead atoms. The van der Waals surface area contributed by atoms with E-state index < -0.39 is 9.84 Å². The molecule has 1 aromatic heterocycles. The highest BCUT2D eigenvalue weighted by Gasteiger charge is 2.47. The first-order valence-corrected chi connectivity index (χ1v) is 11.9. The molecular formula is C22H27N3O3S. The fourth-order valence-corrected chi connectivity index (χ4v) is 5.21. The molecule has 1 aromatic carbocycles. The first-order chi connectivity index (χ1) is 13.7. The van der Waals surface area contributed by atoms with Gasteiger partial charge in [-0.15, -0.1) is 0 Å². The van der Waals surface area contributed by atoms with Crippen molar-refractivity contribution in [3.63, 3.8) is 0 Å². The average molecular weight is 414 g/mol. The summed E-state index contributed by atoms with van der Waals surface area (Å²) in [5, 5.41) is 3.53. The molecule has 2 aromatic rings. The lowest BCUT2D eigenvalue weighted by Crippen LogP contribution is -2.51. The third-order valence-corrected chi connectivity index (χ3v) is 7.13. The first kappa shape index (κ1) is 19.9. The van der Waals surface area contributed by atoms with Crippen LogP contribution in [0.5, 0.6) is 0 Å². The van der Waals surface area contributed by atoms with Crippen molar-refractivity contribution in [1.29, 1.82) is 0 Å². The van der Waals surface area contributed by atoms with Crippen LogP contribution in [-0.2, 0) is 14.6 Å². The minimum Gasteiger partial charge on any atom is -0.363 e. The second-order valence-corrected chi connectivity index (χ2v) is 10.4. The van der Waals surface area contributed by atoms with Crippen LogP contribution in [0.4, 0.5) is 11.5 Å². The summed E-state index contributed by atoms with van der Waals surface area (Å²) in [5.41, 5.74) is 2.54. The maximum atomic E-state index is 12.6. The molecule has 7 heteroatoms. The van der Waals surface area contributed by atoms with Crippen molar-refractivity contribution in [3.8, 4) is 0 Å². The average Bonchev–Trinajstić information content (AvgIpc) is 3.47. The predicted octanol–water partition coefficient (Wildman–Crippen LogP) is 3.73. The molecule has 0 saturated heterocycles. The Kier molecular flexibility index (Phi) is 4.89. The van der Waals surface area contributed by atoms with E-state index >= 15 is 0 Å². The van der Waals surface area contributed by atoms with Crippen LogP contribution < -0.4 is 10.2 Å². The molecule has 2 aliphatic rings. The third kappa shape index (κ3) is 3.75. The van der Waals surface area contributed by atoms with Gasteiger partial charge in [0.25, 0.3) is 0 Å². The number of rotatable bonds is 4. The zero-order chi connectivity index (χ0) is 20.9. The van der Waals surface area contributed by atoms with Crippen LogP contribution in [0.2, 0.25) is 0 Å². The molecule has 1 aliphatic carbocycles. The van der Waals surface area contributed by atoms with Crippen molar-refractivity contribution in [2.75, 3.05) is 16.5 Å². The summed E-state index contributed by atoms with van der Waals surface area (Å²) in [6, 6.07) is 10.9. The number of fused-ring (bicyclic) bond motifs is 1. The van der Waals surface area contributed by atoms with Gasteiger partial charge in [-0.25, -0.2) is 13.4 Å². The van der Waals surface area contributed by atoms with Crippen LogP contribution >= 0.6 is 0 Å². The van der Waals surface area contributed by atoms with E-state index in [9.17, 15) is 13.2 Å². The highest BCUT2D eigenvalue weighted by molar-refractivity contribution is 7.90. The lowest BCUT2D eigenvalue weighted by Gasteiger charge is -2.46. The number of benzene rings is 1. The lowest BCUT2D eigenvalue weighted by molar-refractivity contribution is -0.117. The summed E-state index contributed by atoms with van der Waals surface area (Å²) in [7, 11) is -3.36. The van der Waals surface area contributed by atoms with Gasteiger partial charge in [-0.05, 0) is 61.6 Å². The van der Waals surface area contributed by atoms with Crippen molar-refractivity contribution in [2.45, 2.75) is 50.6 Å². The number of anilines is 2. The second kappa shape index (κ2) is 7.13. The smallest absolute Gasteiger partial charge is 0.224 e. The highest BCUT2D eigenvalue weighted by atomic mass is 32.2. The Labute approximate surface area is 172 Å². The molecule has 1 aliphatic heterocycles. The molecule has 1 N–H and O–H groups in total. The number of carbonyl (C=O) groups is 1. The first-order valence-electron chi connectivity index (χ1n) is 10.0. The van der Waals surface area contributed by atoms with Gasteiger partial charge in [-0.1, -0.05) is 13.0 Å². The van der Waals surface area contributed by atoms with Gasteiger partial charge in [0.05, 0.1) is 10.9 Å². The van der Waals surface area contributed by atoms with Crippen LogP contribution in [0.25, 0.3) is 0 Å². The number of amides is 1. The summed E-state index contributed by atoms with van der Waals surface area (Å²) in [5.74, 6) is 1.33. The molecule has 0 radical (unpaired) electrons. The van der Waals surface area contributed by atoms with Crippen LogP contribution in [-0.4, -0.2) is 31.6 Å². The van der Waals surface area contributed by atoms with Gasteiger partial charge in [-0.3, -0.25) is 4.79 Å². The maximum absolute atomic E-state index is 12.6. The van der Waals surface area contributed by atoms with Crippen molar-refractivity contribution in [2.24, 2.45) is 11.8 Å². The van der Waals surface area contributed by atoms with Gasteiger partial charge in [0, 0.05) is 36.5 Å². The number of nitrogens with zero attached hydrogens (tertiary/aromatic N) is 2. The lowest BCUT2D eigenvalue weighted by atomic mass is 9.80. The second-order valence-electron chi connectivity index (χ2n) is 8.36. The number of nitrogens with one attached hydrogen (secondary N) is 1. The van der Waals surface area contributed by atoms with E-state index in [4.69, 9.17) is 0 Å². The topological polar surface area (TPSA) is 79.4 Å². The van der Waals surface area contributed by atoms with Crippen LogP contribution in [0.1, 0.15) is 44.0 Å². The van der Waals surface area contributed by atoms with Gasteiger partial charge >= 0.3 is 0 Å². The molecular weight excluding hydrogens is 386 g/mol. The Balaban J connectivity index is 1.86. The molecule has 0 spiro atoms. The largest absolute Gasteiger partial charge is 0.363 e. The Morgan fingerprint density at radius 2 is 1.93 bits per heavy atom. The van der Waals surface area contributed by atoms with E-state index in [0.717, 1.165) is 35.6 Å². The van der Waals surface area contributed by atoms with Gasteiger partial charge < -0.3 is 10.2 Å². The number of aryl methyl sites for hydroxylation is 1. The number of hydrogen-bond acceptors (Lipinski definition) is 5. The Hall–Kier alpha value is -2.41. The third-order valence-electron chi connectivity index (χ3n) is 6.02. The highest BCUT2D eigenvalue weighted by Crippen LogP contribution is 2.50. The number of carbonyl (C=O) groups excluding carboxylic acids is 1. The summed E-state index contributed by atoms with van der Waals surface area (Å²) in [4.78, 5) is 19.3. The van der Waals surface area contributed by atoms with Crippen molar-refractivity contribution in [1.82, 2.24) is 4.98 Å². The fourth-order valence-electron chi connectivity index (χ4n) is 4.56. The molecule has 29 heavy (non-hydrogen) atoms. The molecule has 2 heterocycles. The molecule has 1 saturated carbocycles. The molecule has 154 valence electrons. The predicted molar refractivity (Wildman–Crippen MR) is 114 cm³/mol. The van der Waals surface area contributed by atoms with E-state index in [-0.39, 0.29) is 28.8 Å². The summed E-state index contributed by atoms with van der Waals surface area (Å²) in [6.07, 6.45) is 3.44. The van der Waals surface area contributed by atoms with Gasteiger partial charge in [0.2, 0.25) is 5.91 Å². The zero-order valence-corrected chi connectivity index (χ0v) is 18.0.